The topological polar surface area (TPSA) is 82.4 Å². The van der Waals surface area contributed by atoms with Gasteiger partial charge in [0.15, 0.2) is 0 Å². The first kappa shape index (κ1) is 17.6. The number of para-hydroxylation sites is 2. The van der Waals surface area contributed by atoms with Gasteiger partial charge in [0, 0.05) is 5.56 Å². The van der Waals surface area contributed by atoms with Crippen LogP contribution in [-0.2, 0) is 4.79 Å². The number of ether oxygens (including phenoxy) is 1. The lowest BCUT2D eigenvalue weighted by atomic mass is 10.1. The second kappa shape index (κ2) is 7.32. The van der Waals surface area contributed by atoms with Crippen LogP contribution in [0.1, 0.15) is 15.9 Å². The summed E-state index contributed by atoms with van der Waals surface area (Å²) < 4.78 is 5.31. The third kappa shape index (κ3) is 3.27. The van der Waals surface area contributed by atoms with E-state index < -0.39 is 5.97 Å². The molecule has 26 heavy (non-hydrogen) atoms. The zero-order valence-electron chi connectivity index (χ0n) is 13.8. The van der Waals surface area contributed by atoms with Crippen LogP contribution in [0.5, 0.6) is 5.75 Å². The Balaban J connectivity index is 1.88. The number of thiocarbonyl (C=S) groups is 1. The average Bonchev–Trinajstić information content (AvgIpc) is 2.93. The van der Waals surface area contributed by atoms with E-state index in [1.165, 1.54) is 12.3 Å². The zero-order valence-corrected chi connectivity index (χ0v) is 14.6. The molecular formula is C18H15N3O4S. The average molecular weight is 369 g/mol. The van der Waals surface area contributed by atoms with E-state index in [9.17, 15) is 14.7 Å². The fraction of sp³-hybridized carbons (Fsp3) is 0.111. The van der Waals surface area contributed by atoms with Crippen molar-refractivity contribution in [1.29, 1.82) is 0 Å². The van der Waals surface area contributed by atoms with E-state index >= 15 is 0 Å². The number of anilines is 1. The van der Waals surface area contributed by atoms with Gasteiger partial charge in [-0.3, -0.25) is 4.79 Å². The summed E-state index contributed by atoms with van der Waals surface area (Å²) in [5, 5.41) is 14.6. The molecule has 1 heterocycles. The molecule has 0 unspecified atom stereocenters. The molecule has 1 saturated heterocycles. The van der Waals surface area contributed by atoms with Crippen molar-refractivity contribution in [3.05, 3.63) is 59.7 Å². The van der Waals surface area contributed by atoms with Crippen molar-refractivity contribution >= 4 is 41.1 Å². The normalized spacial score (nSPS) is 14.3. The Morgan fingerprint density at radius 1 is 1.23 bits per heavy atom. The summed E-state index contributed by atoms with van der Waals surface area (Å²) >= 11 is 5.37. The molecule has 1 aliphatic heterocycles. The fourth-order valence-electron chi connectivity index (χ4n) is 2.57. The molecule has 2 aromatic carbocycles. The maximum absolute atomic E-state index is 12.3. The molecule has 132 valence electrons. The standard InChI is InChI=1S/C18H15N3O4S/c1-25-15-9-5-4-8-14(15)20-11-16(22)21(18(20)26)19-10-12-6-2-3-7-13(12)17(23)24/h2-10H,11H2,1H3,(H,23,24). The van der Waals surface area contributed by atoms with E-state index in [1.807, 2.05) is 12.1 Å². The number of carbonyl (C=O) groups excluding carboxylic acids is 1. The number of carboxylic acids is 1. The van der Waals surface area contributed by atoms with Crippen LogP contribution in [0, 0.1) is 0 Å². The van der Waals surface area contributed by atoms with Crippen molar-refractivity contribution in [2.24, 2.45) is 5.10 Å². The van der Waals surface area contributed by atoms with Gasteiger partial charge in [0.05, 0.1) is 24.6 Å². The third-order valence-corrected chi connectivity index (χ3v) is 4.21. The monoisotopic (exact) mass is 369 g/mol. The summed E-state index contributed by atoms with van der Waals surface area (Å²) in [7, 11) is 1.54. The first-order chi connectivity index (χ1) is 12.5. The number of nitrogens with zero attached hydrogens (tertiary/aromatic N) is 3. The number of amides is 1. The lowest BCUT2D eigenvalue weighted by molar-refractivity contribution is -0.124. The second-order valence-electron chi connectivity index (χ2n) is 5.38. The molecule has 3 rings (SSSR count). The number of hydrazone groups is 1. The third-order valence-electron chi connectivity index (χ3n) is 3.82. The van der Waals surface area contributed by atoms with Crippen molar-refractivity contribution in [3.63, 3.8) is 0 Å². The summed E-state index contributed by atoms with van der Waals surface area (Å²) in [4.78, 5) is 25.2. The van der Waals surface area contributed by atoms with Crippen LogP contribution in [0.2, 0.25) is 0 Å². The fourth-order valence-corrected chi connectivity index (χ4v) is 2.88. The van der Waals surface area contributed by atoms with Gasteiger partial charge in [-0.2, -0.15) is 10.1 Å². The molecule has 0 aromatic heterocycles. The first-order valence-electron chi connectivity index (χ1n) is 7.66. The van der Waals surface area contributed by atoms with Crippen LogP contribution in [-0.4, -0.2) is 47.0 Å². The van der Waals surface area contributed by atoms with Crippen molar-refractivity contribution in [1.82, 2.24) is 5.01 Å². The van der Waals surface area contributed by atoms with Crippen molar-refractivity contribution in [2.75, 3.05) is 18.6 Å². The largest absolute Gasteiger partial charge is 0.495 e. The van der Waals surface area contributed by atoms with Gasteiger partial charge in [0.2, 0.25) is 5.11 Å². The van der Waals surface area contributed by atoms with Crippen LogP contribution in [0.4, 0.5) is 5.69 Å². The maximum atomic E-state index is 12.3. The highest BCUT2D eigenvalue weighted by molar-refractivity contribution is 7.80. The number of hydrogen-bond acceptors (Lipinski definition) is 5. The van der Waals surface area contributed by atoms with Crippen molar-refractivity contribution in [3.8, 4) is 5.75 Å². The SMILES string of the molecule is COc1ccccc1N1CC(=O)N(N=Cc2ccccc2C(=O)O)C1=S. The van der Waals surface area contributed by atoms with Crippen LogP contribution in [0.15, 0.2) is 53.6 Å². The van der Waals surface area contributed by atoms with E-state index in [1.54, 1.807) is 42.3 Å². The highest BCUT2D eigenvalue weighted by Gasteiger charge is 2.35. The number of carbonyl (C=O) groups is 2. The van der Waals surface area contributed by atoms with E-state index in [0.717, 1.165) is 5.01 Å². The Morgan fingerprint density at radius 3 is 2.65 bits per heavy atom. The minimum absolute atomic E-state index is 0.0249. The Morgan fingerprint density at radius 2 is 1.92 bits per heavy atom. The van der Waals surface area contributed by atoms with Crippen LogP contribution >= 0.6 is 12.2 Å². The number of methoxy groups -OCH3 is 1. The smallest absolute Gasteiger partial charge is 0.336 e. The highest BCUT2D eigenvalue weighted by Crippen LogP contribution is 2.30. The van der Waals surface area contributed by atoms with E-state index in [2.05, 4.69) is 5.10 Å². The predicted octanol–water partition coefficient (Wildman–Crippen LogP) is 2.36. The summed E-state index contributed by atoms with van der Waals surface area (Å²) in [6, 6.07) is 13.6. The van der Waals surface area contributed by atoms with E-state index in [-0.39, 0.29) is 23.1 Å². The van der Waals surface area contributed by atoms with Gasteiger partial charge < -0.3 is 14.7 Å². The van der Waals surface area contributed by atoms with Crippen LogP contribution in [0.25, 0.3) is 0 Å². The van der Waals surface area contributed by atoms with Crippen LogP contribution in [0.3, 0.4) is 0 Å². The Kier molecular flexibility index (Phi) is 4.94. The molecular weight excluding hydrogens is 354 g/mol. The number of carboxylic acid groups (broad SMARTS) is 1. The lowest BCUT2D eigenvalue weighted by Gasteiger charge is -2.19. The van der Waals surface area contributed by atoms with Gasteiger partial charge in [0.1, 0.15) is 12.3 Å². The molecule has 1 amide bonds. The molecule has 0 spiro atoms. The van der Waals surface area contributed by atoms with Crippen molar-refractivity contribution < 1.29 is 19.4 Å². The summed E-state index contributed by atoms with van der Waals surface area (Å²) in [6.45, 7) is 0.0249. The van der Waals surface area contributed by atoms with Gasteiger partial charge in [0.25, 0.3) is 5.91 Å². The molecule has 8 heteroatoms. The first-order valence-corrected chi connectivity index (χ1v) is 8.07. The molecule has 0 radical (unpaired) electrons. The van der Waals surface area contributed by atoms with Crippen LogP contribution < -0.4 is 9.64 Å². The molecule has 0 aliphatic carbocycles. The summed E-state index contributed by atoms with van der Waals surface area (Å²) in [6.07, 6.45) is 1.32. The van der Waals surface area contributed by atoms with Gasteiger partial charge in [-0.15, -0.1) is 0 Å². The van der Waals surface area contributed by atoms with Gasteiger partial charge in [-0.25, -0.2) is 4.79 Å². The van der Waals surface area contributed by atoms with Gasteiger partial charge in [-0.1, -0.05) is 30.3 Å². The molecule has 1 fully saturated rings. The summed E-state index contributed by atoms with van der Waals surface area (Å²) in [5.41, 5.74) is 1.14. The van der Waals surface area contributed by atoms with E-state index in [4.69, 9.17) is 17.0 Å². The highest BCUT2D eigenvalue weighted by atomic mass is 32.1. The molecule has 1 N–H and O–H groups in total. The zero-order chi connectivity index (χ0) is 18.7. The van der Waals surface area contributed by atoms with Gasteiger partial charge >= 0.3 is 5.97 Å². The number of benzene rings is 2. The number of hydrogen-bond donors (Lipinski definition) is 1. The molecule has 2 aromatic rings. The second-order valence-corrected chi connectivity index (χ2v) is 5.75. The molecule has 1 aliphatic rings. The predicted molar refractivity (Wildman–Crippen MR) is 101 cm³/mol. The summed E-state index contributed by atoms with van der Waals surface area (Å²) in [5.74, 6) is -0.798. The minimum Gasteiger partial charge on any atom is -0.495 e. The maximum Gasteiger partial charge on any atom is 0.336 e. The quantitative estimate of drug-likeness (QED) is 0.644. The molecule has 7 nitrogen and oxygen atoms in total. The lowest BCUT2D eigenvalue weighted by Crippen LogP contribution is -2.29. The Bertz CT molecular complexity index is 913. The number of aromatic carboxylic acids is 1. The van der Waals surface area contributed by atoms with Crippen molar-refractivity contribution in [2.45, 2.75) is 0 Å². The Hall–Kier alpha value is -3.26. The minimum atomic E-state index is -1.07. The number of rotatable bonds is 5. The molecule has 0 saturated carbocycles. The van der Waals surface area contributed by atoms with E-state index in [0.29, 0.717) is 17.0 Å². The Labute approximate surface area is 155 Å². The molecule has 0 atom stereocenters. The van der Waals surface area contributed by atoms with Gasteiger partial charge in [-0.05, 0) is 30.4 Å². The molecule has 0 bridgehead atoms.